The molecule has 55 heavy (non-hydrogen) atoms. The summed E-state index contributed by atoms with van der Waals surface area (Å²) in [5, 5.41) is 20.7. The summed E-state index contributed by atoms with van der Waals surface area (Å²) in [6.07, 6.45) is 0.564. The molecular weight excluding hydrogens is 704 g/mol. The van der Waals surface area contributed by atoms with Gasteiger partial charge in [0.15, 0.2) is 5.78 Å². The first-order valence-electron chi connectivity index (χ1n) is 19.1. The van der Waals surface area contributed by atoms with Crippen LogP contribution in [0.4, 0.5) is 9.59 Å². The van der Waals surface area contributed by atoms with Gasteiger partial charge in [-0.05, 0) is 97.1 Å². The minimum atomic E-state index is -1.18. The van der Waals surface area contributed by atoms with Gasteiger partial charge >= 0.3 is 18.2 Å². The Bertz CT molecular complexity index is 1540. The number of aliphatic carboxylic acids is 1. The van der Waals surface area contributed by atoms with E-state index in [1.165, 1.54) is 0 Å². The standard InChI is InChI=1S/C42H62N4O9/c1-28(2)25-31(36(48)44-32(38(50)51)21-15-16-24-43-39(52)54-41(3,4)5)22-23-35(47)33(26-29-17-11-9-12-18-29)45-37(49)34(27-30-19-13-10-14-20-30)46-40(53)55-42(6,7)8/h9-14,17-20,28,31-34H,15-16,21-27H2,1-8H3,(H,43,52)(H,44,48)(H,45,49)(H,46,53)(H,50,51)/t31-,32-,33-,34-/m1/s1. The molecule has 0 aliphatic rings. The van der Waals surface area contributed by atoms with Gasteiger partial charge in [-0.15, -0.1) is 0 Å². The lowest BCUT2D eigenvalue weighted by Crippen LogP contribution is -2.53. The molecule has 0 heterocycles. The average molecular weight is 767 g/mol. The topological polar surface area (TPSA) is 189 Å². The molecule has 4 amide bonds. The van der Waals surface area contributed by atoms with Crippen molar-refractivity contribution in [3.63, 3.8) is 0 Å². The van der Waals surface area contributed by atoms with Crippen LogP contribution in [0.5, 0.6) is 0 Å². The first-order valence-corrected chi connectivity index (χ1v) is 19.1. The molecule has 304 valence electrons. The largest absolute Gasteiger partial charge is 0.480 e. The zero-order valence-electron chi connectivity index (χ0n) is 33.7. The van der Waals surface area contributed by atoms with Crippen molar-refractivity contribution in [2.75, 3.05) is 6.54 Å². The predicted octanol–water partition coefficient (Wildman–Crippen LogP) is 6.13. The van der Waals surface area contributed by atoms with Gasteiger partial charge in [-0.1, -0.05) is 74.5 Å². The number of ketones is 1. The van der Waals surface area contributed by atoms with E-state index in [1.54, 1.807) is 41.5 Å². The zero-order valence-corrected chi connectivity index (χ0v) is 33.7. The molecule has 0 radical (unpaired) electrons. The Kier molecular flexibility index (Phi) is 18.9. The summed E-state index contributed by atoms with van der Waals surface area (Å²) in [6.45, 7) is 14.6. The first-order chi connectivity index (χ1) is 25.7. The fraction of sp³-hybridized carbons (Fsp3) is 0.571. The number of carboxylic acids is 1. The molecule has 13 heteroatoms. The summed E-state index contributed by atoms with van der Waals surface area (Å²) in [5.41, 5.74) is 0.170. The third kappa shape index (κ3) is 19.8. The Hall–Kier alpha value is -4.94. The highest BCUT2D eigenvalue weighted by Gasteiger charge is 2.31. The highest BCUT2D eigenvalue weighted by atomic mass is 16.6. The summed E-state index contributed by atoms with van der Waals surface area (Å²) in [5.74, 6) is -3.09. The molecular formula is C42H62N4O9. The normalized spacial score (nSPS) is 13.8. The average Bonchev–Trinajstić information content (AvgIpc) is 3.07. The van der Waals surface area contributed by atoms with Crippen LogP contribution in [-0.2, 0) is 41.5 Å². The number of carbonyl (C=O) groups is 6. The summed E-state index contributed by atoms with van der Waals surface area (Å²) >= 11 is 0. The van der Waals surface area contributed by atoms with Crippen LogP contribution >= 0.6 is 0 Å². The zero-order chi connectivity index (χ0) is 41.2. The molecule has 0 bridgehead atoms. The smallest absolute Gasteiger partial charge is 0.408 e. The third-order valence-electron chi connectivity index (χ3n) is 8.35. The van der Waals surface area contributed by atoms with Crippen molar-refractivity contribution in [3.05, 3.63) is 71.8 Å². The number of Topliss-reactive ketones (excluding diaryl/α,β-unsaturated/α-hetero) is 1. The minimum Gasteiger partial charge on any atom is -0.480 e. The second-order valence-corrected chi connectivity index (χ2v) is 16.3. The molecule has 13 nitrogen and oxygen atoms in total. The summed E-state index contributed by atoms with van der Waals surface area (Å²) in [4.78, 5) is 78.2. The van der Waals surface area contributed by atoms with Crippen molar-refractivity contribution in [2.24, 2.45) is 11.8 Å². The lowest BCUT2D eigenvalue weighted by molar-refractivity contribution is -0.143. The van der Waals surface area contributed by atoms with Crippen LogP contribution in [0.2, 0.25) is 0 Å². The van der Waals surface area contributed by atoms with Crippen molar-refractivity contribution in [1.29, 1.82) is 0 Å². The van der Waals surface area contributed by atoms with Gasteiger partial charge in [-0.2, -0.15) is 0 Å². The van der Waals surface area contributed by atoms with Gasteiger partial charge < -0.3 is 35.8 Å². The number of alkyl carbamates (subject to hydrolysis) is 2. The van der Waals surface area contributed by atoms with E-state index in [0.717, 1.165) is 11.1 Å². The van der Waals surface area contributed by atoms with Gasteiger partial charge in [0.1, 0.15) is 23.3 Å². The maximum Gasteiger partial charge on any atom is 0.408 e. The number of carboxylic acid groups (broad SMARTS) is 1. The molecule has 0 fully saturated rings. The molecule has 0 aliphatic heterocycles. The molecule has 2 rings (SSSR count). The quantitative estimate of drug-likeness (QED) is 0.0932. The number of rotatable bonds is 21. The molecule has 2 aromatic carbocycles. The molecule has 5 N–H and O–H groups in total. The first kappa shape index (κ1) is 46.2. The molecule has 0 saturated heterocycles. The summed E-state index contributed by atoms with van der Waals surface area (Å²) in [7, 11) is 0. The highest BCUT2D eigenvalue weighted by Crippen LogP contribution is 2.20. The summed E-state index contributed by atoms with van der Waals surface area (Å²) in [6, 6.07) is 15.2. The number of hydrogen-bond donors (Lipinski definition) is 5. The number of hydrogen-bond acceptors (Lipinski definition) is 8. The van der Waals surface area contributed by atoms with E-state index in [-0.39, 0.29) is 50.4 Å². The van der Waals surface area contributed by atoms with Crippen molar-refractivity contribution < 1.29 is 43.3 Å². The SMILES string of the molecule is CC(C)C[C@@H](CCC(=O)[C@@H](Cc1ccccc1)NC(=O)[C@@H](Cc1ccccc1)NC(=O)OC(C)(C)C)C(=O)N[C@H](CCCCNC(=O)OC(C)(C)C)C(=O)O. The van der Waals surface area contributed by atoms with E-state index in [1.807, 2.05) is 74.5 Å². The Balaban J connectivity index is 2.17. The number of amides is 4. The second kappa shape index (κ2) is 22.4. The number of carbonyl (C=O) groups excluding carboxylic acids is 5. The van der Waals surface area contributed by atoms with Crippen LogP contribution in [0, 0.1) is 11.8 Å². The fourth-order valence-electron chi connectivity index (χ4n) is 5.82. The number of unbranched alkanes of at least 4 members (excludes halogenated alkanes) is 1. The van der Waals surface area contributed by atoms with Gasteiger partial charge in [0.2, 0.25) is 11.8 Å². The maximum atomic E-state index is 14.0. The van der Waals surface area contributed by atoms with Gasteiger partial charge in [0, 0.05) is 25.3 Å². The fourth-order valence-corrected chi connectivity index (χ4v) is 5.82. The maximum absolute atomic E-state index is 14.0. The van der Waals surface area contributed by atoms with Crippen LogP contribution in [0.3, 0.4) is 0 Å². The van der Waals surface area contributed by atoms with Crippen molar-refractivity contribution >= 4 is 35.8 Å². The molecule has 0 saturated carbocycles. The molecule has 0 unspecified atom stereocenters. The number of nitrogens with one attached hydrogen (secondary N) is 4. The Morgan fingerprint density at radius 1 is 0.636 bits per heavy atom. The van der Waals surface area contributed by atoms with Gasteiger partial charge in [0.05, 0.1) is 6.04 Å². The van der Waals surface area contributed by atoms with E-state index < -0.39 is 65.2 Å². The van der Waals surface area contributed by atoms with Crippen LogP contribution in [0.15, 0.2) is 60.7 Å². The van der Waals surface area contributed by atoms with E-state index in [4.69, 9.17) is 9.47 Å². The van der Waals surface area contributed by atoms with E-state index in [2.05, 4.69) is 21.3 Å². The van der Waals surface area contributed by atoms with Crippen LogP contribution < -0.4 is 21.3 Å². The third-order valence-corrected chi connectivity index (χ3v) is 8.35. The summed E-state index contributed by atoms with van der Waals surface area (Å²) < 4.78 is 10.6. The number of benzene rings is 2. The predicted molar refractivity (Wildman–Crippen MR) is 210 cm³/mol. The molecule has 2 aromatic rings. The van der Waals surface area contributed by atoms with Crippen molar-refractivity contribution in [3.8, 4) is 0 Å². The second-order valence-electron chi connectivity index (χ2n) is 16.3. The van der Waals surface area contributed by atoms with Crippen LogP contribution in [0.1, 0.15) is 105 Å². The van der Waals surface area contributed by atoms with Gasteiger partial charge in [-0.3, -0.25) is 14.4 Å². The molecule has 0 aliphatic carbocycles. The molecule has 0 aromatic heterocycles. The molecule has 4 atom stereocenters. The van der Waals surface area contributed by atoms with Crippen LogP contribution in [0.25, 0.3) is 0 Å². The van der Waals surface area contributed by atoms with E-state index in [0.29, 0.717) is 19.3 Å². The van der Waals surface area contributed by atoms with Crippen molar-refractivity contribution in [2.45, 2.75) is 136 Å². The van der Waals surface area contributed by atoms with Crippen LogP contribution in [-0.4, -0.2) is 76.7 Å². The number of ether oxygens (including phenoxy) is 2. The van der Waals surface area contributed by atoms with Gasteiger partial charge in [-0.25, -0.2) is 14.4 Å². The van der Waals surface area contributed by atoms with E-state index in [9.17, 15) is 33.9 Å². The Labute approximate surface area is 326 Å². The Morgan fingerprint density at radius 2 is 1.15 bits per heavy atom. The van der Waals surface area contributed by atoms with Gasteiger partial charge in [0.25, 0.3) is 0 Å². The molecule has 0 spiro atoms. The highest BCUT2D eigenvalue weighted by molar-refractivity contribution is 5.93. The van der Waals surface area contributed by atoms with Crippen molar-refractivity contribution in [1.82, 2.24) is 21.3 Å². The lowest BCUT2D eigenvalue weighted by atomic mass is 9.89. The van der Waals surface area contributed by atoms with E-state index >= 15 is 0 Å². The lowest BCUT2D eigenvalue weighted by Gasteiger charge is -2.26. The monoisotopic (exact) mass is 766 g/mol. The Morgan fingerprint density at radius 3 is 1.65 bits per heavy atom. The minimum absolute atomic E-state index is 0.0560.